The Bertz CT molecular complexity index is 593. The number of guanidine groups is 1. The minimum atomic E-state index is 0.0666. The van der Waals surface area contributed by atoms with Crippen LogP contribution in [0.25, 0.3) is 0 Å². The van der Waals surface area contributed by atoms with Crippen molar-refractivity contribution >= 4 is 17.6 Å². The number of nitrogens with one attached hydrogen (secondary N) is 1. The van der Waals surface area contributed by atoms with E-state index in [0.29, 0.717) is 19.6 Å². The summed E-state index contributed by atoms with van der Waals surface area (Å²) in [6.07, 6.45) is 5.98. The van der Waals surface area contributed by atoms with Crippen molar-refractivity contribution in [2.45, 2.75) is 25.9 Å². The fourth-order valence-electron chi connectivity index (χ4n) is 3.08. The largest absolute Gasteiger partial charge is 0.376 e. The van der Waals surface area contributed by atoms with Gasteiger partial charge in [0, 0.05) is 39.5 Å². The number of aromatic nitrogens is 2. The molecule has 1 N–H and O–H groups in total. The monoisotopic (exact) mass is 334 g/mol. The van der Waals surface area contributed by atoms with Crippen molar-refractivity contribution in [3.63, 3.8) is 0 Å². The molecule has 1 aromatic rings. The highest BCUT2D eigenvalue weighted by atomic mass is 16.5. The second kappa shape index (κ2) is 7.65. The molecule has 1 aromatic heterocycles. The normalized spacial score (nSPS) is 22.3. The molecule has 24 heavy (non-hydrogen) atoms. The van der Waals surface area contributed by atoms with Crippen molar-refractivity contribution in [2.24, 2.45) is 12.0 Å². The van der Waals surface area contributed by atoms with Crippen LogP contribution in [0.15, 0.2) is 17.4 Å². The summed E-state index contributed by atoms with van der Waals surface area (Å²) in [4.78, 5) is 21.0. The SMILES string of the molecule is CCNC(=NCC1CCCO1)N1CCN(c2cnn(C)c2)C(=O)C1. The number of ether oxygens (including phenoxy) is 1. The molecule has 8 nitrogen and oxygen atoms in total. The van der Waals surface area contributed by atoms with Gasteiger partial charge < -0.3 is 19.9 Å². The minimum Gasteiger partial charge on any atom is -0.376 e. The molecule has 1 unspecified atom stereocenters. The molecule has 0 radical (unpaired) electrons. The lowest BCUT2D eigenvalue weighted by atomic mass is 10.2. The highest BCUT2D eigenvalue weighted by molar-refractivity contribution is 5.98. The van der Waals surface area contributed by atoms with Crippen LogP contribution in [0.2, 0.25) is 0 Å². The summed E-state index contributed by atoms with van der Waals surface area (Å²) in [6, 6.07) is 0. The molecule has 0 spiro atoms. The van der Waals surface area contributed by atoms with Gasteiger partial charge in [-0.15, -0.1) is 0 Å². The van der Waals surface area contributed by atoms with E-state index in [-0.39, 0.29) is 12.0 Å². The summed E-state index contributed by atoms with van der Waals surface area (Å²) in [5, 5.41) is 7.43. The van der Waals surface area contributed by atoms with Crippen molar-refractivity contribution < 1.29 is 9.53 Å². The first-order chi connectivity index (χ1) is 11.7. The molecule has 1 atom stereocenters. The highest BCUT2D eigenvalue weighted by Crippen LogP contribution is 2.16. The van der Waals surface area contributed by atoms with Crippen LogP contribution in [0.3, 0.4) is 0 Å². The van der Waals surface area contributed by atoms with Gasteiger partial charge in [-0.05, 0) is 19.8 Å². The Labute approximate surface area is 142 Å². The number of carbonyl (C=O) groups is 1. The van der Waals surface area contributed by atoms with Crippen molar-refractivity contribution in [3.05, 3.63) is 12.4 Å². The van der Waals surface area contributed by atoms with E-state index >= 15 is 0 Å². The van der Waals surface area contributed by atoms with Gasteiger partial charge in [-0.25, -0.2) is 0 Å². The molecule has 2 saturated heterocycles. The molecule has 3 heterocycles. The van der Waals surface area contributed by atoms with Gasteiger partial charge in [-0.1, -0.05) is 0 Å². The summed E-state index contributed by atoms with van der Waals surface area (Å²) >= 11 is 0. The summed E-state index contributed by atoms with van der Waals surface area (Å²) in [5.41, 5.74) is 0.850. The van der Waals surface area contributed by atoms with Crippen LogP contribution in [0.5, 0.6) is 0 Å². The van der Waals surface area contributed by atoms with E-state index < -0.39 is 0 Å². The average molecular weight is 334 g/mol. The number of hydrogen-bond acceptors (Lipinski definition) is 4. The van der Waals surface area contributed by atoms with Crippen LogP contribution in [-0.4, -0.2) is 72.0 Å². The standard InChI is InChI=1S/C16H26N6O2/c1-3-17-16(18-10-14-5-4-8-24-14)21-6-7-22(15(23)12-21)13-9-19-20(2)11-13/h9,11,14H,3-8,10,12H2,1-2H3,(H,17,18). The first kappa shape index (κ1) is 16.8. The maximum absolute atomic E-state index is 12.5. The number of carbonyl (C=O) groups excluding carboxylic acids is 1. The van der Waals surface area contributed by atoms with E-state index in [0.717, 1.165) is 44.2 Å². The zero-order chi connectivity index (χ0) is 16.9. The number of anilines is 1. The molecule has 2 aliphatic rings. The van der Waals surface area contributed by atoms with Gasteiger partial charge in [0.25, 0.3) is 0 Å². The third-order valence-corrected chi connectivity index (χ3v) is 4.33. The van der Waals surface area contributed by atoms with Crippen molar-refractivity contribution in [2.75, 3.05) is 44.2 Å². The van der Waals surface area contributed by atoms with Crippen LogP contribution in [0.4, 0.5) is 5.69 Å². The highest BCUT2D eigenvalue weighted by Gasteiger charge is 2.28. The second-order valence-electron chi connectivity index (χ2n) is 6.17. The lowest BCUT2D eigenvalue weighted by molar-refractivity contribution is -0.120. The summed E-state index contributed by atoms with van der Waals surface area (Å²) in [5.74, 6) is 0.865. The molecule has 0 aliphatic carbocycles. The van der Waals surface area contributed by atoms with Gasteiger partial charge >= 0.3 is 0 Å². The Morgan fingerprint density at radius 1 is 1.50 bits per heavy atom. The number of amides is 1. The van der Waals surface area contributed by atoms with Crippen LogP contribution in [0.1, 0.15) is 19.8 Å². The van der Waals surface area contributed by atoms with E-state index in [2.05, 4.69) is 15.4 Å². The molecule has 3 rings (SSSR count). The summed E-state index contributed by atoms with van der Waals surface area (Å²) in [7, 11) is 1.85. The fourth-order valence-corrected chi connectivity index (χ4v) is 3.08. The average Bonchev–Trinajstić information content (AvgIpc) is 3.23. The zero-order valence-corrected chi connectivity index (χ0v) is 14.4. The van der Waals surface area contributed by atoms with Gasteiger partial charge in [-0.3, -0.25) is 14.5 Å². The van der Waals surface area contributed by atoms with Gasteiger partial charge in [0.1, 0.15) is 6.54 Å². The number of hydrogen-bond donors (Lipinski definition) is 1. The Kier molecular flexibility index (Phi) is 5.34. The molecule has 8 heteroatoms. The quantitative estimate of drug-likeness (QED) is 0.629. The van der Waals surface area contributed by atoms with Gasteiger partial charge in [0.05, 0.1) is 24.5 Å². The number of aryl methyl sites for hydroxylation is 1. The van der Waals surface area contributed by atoms with Crippen molar-refractivity contribution in [1.82, 2.24) is 20.0 Å². The van der Waals surface area contributed by atoms with E-state index in [9.17, 15) is 4.79 Å². The third kappa shape index (κ3) is 3.87. The molecule has 2 fully saturated rings. The second-order valence-corrected chi connectivity index (χ2v) is 6.17. The van der Waals surface area contributed by atoms with E-state index in [1.807, 2.05) is 25.1 Å². The lowest BCUT2D eigenvalue weighted by Gasteiger charge is -2.35. The van der Waals surface area contributed by atoms with Gasteiger partial charge in [0.2, 0.25) is 5.91 Å². The van der Waals surface area contributed by atoms with Crippen LogP contribution in [-0.2, 0) is 16.6 Å². The summed E-state index contributed by atoms with van der Waals surface area (Å²) in [6.45, 7) is 6.01. The molecular weight excluding hydrogens is 308 g/mol. The van der Waals surface area contributed by atoms with Crippen LogP contribution >= 0.6 is 0 Å². The predicted octanol–water partition coefficient (Wildman–Crippen LogP) is 0.213. The fraction of sp³-hybridized carbons (Fsp3) is 0.688. The maximum atomic E-state index is 12.5. The van der Waals surface area contributed by atoms with Gasteiger partial charge in [-0.2, -0.15) is 5.10 Å². The molecule has 132 valence electrons. The third-order valence-electron chi connectivity index (χ3n) is 4.33. The Morgan fingerprint density at radius 2 is 2.38 bits per heavy atom. The van der Waals surface area contributed by atoms with Crippen LogP contribution in [0, 0.1) is 0 Å². The van der Waals surface area contributed by atoms with E-state index in [1.54, 1.807) is 15.8 Å². The number of rotatable bonds is 4. The molecule has 1 amide bonds. The van der Waals surface area contributed by atoms with Gasteiger partial charge in [0.15, 0.2) is 5.96 Å². The molecule has 2 aliphatic heterocycles. The van der Waals surface area contributed by atoms with E-state index in [4.69, 9.17) is 4.74 Å². The first-order valence-corrected chi connectivity index (χ1v) is 8.61. The zero-order valence-electron chi connectivity index (χ0n) is 14.4. The topological polar surface area (TPSA) is 75.0 Å². The smallest absolute Gasteiger partial charge is 0.246 e. The number of nitrogens with zero attached hydrogens (tertiary/aromatic N) is 5. The Balaban J connectivity index is 1.62. The summed E-state index contributed by atoms with van der Waals surface area (Å²) < 4.78 is 7.34. The number of piperazine rings is 1. The van der Waals surface area contributed by atoms with Crippen molar-refractivity contribution in [1.29, 1.82) is 0 Å². The molecule has 0 saturated carbocycles. The predicted molar refractivity (Wildman–Crippen MR) is 92.1 cm³/mol. The number of aliphatic imine (C=N–C) groups is 1. The van der Waals surface area contributed by atoms with Crippen molar-refractivity contribution in [3.8, 4) is 0 Å². The Morgan fingerprint density at radius 3 is 3.00 bits per heavy atom. The van der Waals surface area contributed by atoms with Crippen LogP contribution < -0.4 is 10.2 Å². The first-order valence-electron chi connectivity index (χ1n) is 8.61. The molecular formula is C16H26N6O2. The minimum absolute atomic E-state index is 0.0666. The lowest BCUT2D eigenvalue weighted by Crippen LogP contribution is -2.55. The van der Waals surface area contributed by atoms with E-state index in [1.165, 1.54) is 0 Å². The maximum Gasteiger partial charge on any atom is 0.246 e. The molecule has 0 aromatic carbocycles. The Hall–Kier alpha value is -2.09. The molecule has 0 bridgehead atoms.